The minimum absolute atomic E-state index is 0.223. The number of halogens is 1. The maximum atomic E-state index is 14.1. The average molecular weight is 498 g/mol. The molecule has 10 heteroatoms. The molecule has 2 aromatic rings. The van der Waals surface area contributed by atoms with Crippen LogP contribution in [0.1, 0.15) is 18.4 Å². The van der Waals surface area contributed by atoms with Crippen molar-refractivity contribution in [2.24, 2.45) is 11.8 Å². The summed E-state index contributed by atoms with van der Waals surface area (Å²) in [5, 5.41) is 3.42. The van der Waals surface area contributed by atoms with Gasteiger partial charge >= 0.3 is 0 Å². The van der Waals surface area contributed by atoms with Crippen molar-refractivity contribution in [3.05, 3.63) is 40.9 Å². The molecule has 0 saturated carbocycles. The van der Waals surface area contributed by atoms with Crippen LogP contribution in [0.15, 0.2) is 30.3 Å². The zero-order valence-electron chi connectivity index (χ0n) is 19.5. The number of anilines is 2. The molecule has 4 atom stereocenters. The molecule has 3 saturated heterocycles. The SMILES string of the molecule is COc1cc(N2C(=O)[C@@H]3[C@@H]4CCCN4[C@@]4(C(=O)Nc5ccc(Cl)cc54)[C@H]3C2=O)cc(OC)c1OC. The maximum absolute atomic E-state index is 14.1. The Morgan fingerprint density at radius 3 is 2.37 bits per heavy atom. The molecule has 3 amide bonds. The average Bonchev–Trinajstić information content (AvgIpc) is 3.56. The molecule has 0 unspecified atom stereocenters. The number of carbonyl (C=O) groups excluding carboxylic acids is 3. The van der Waals surface area contributed by atoms with Crippen molar-refractivity contribution in [3.63, 3.8) is 0 Å². The first-order valence-electron chi connectivity index (χ1n) is 11.4. The van der Waals surface area contributed by atoms with Crippen LogP contribution in [0.2, 0.25) is 5.02 Å². The van der Waals surface area contributed by atoms with Crippen LogP contribution in [0.5, 0.6) is 17.2 Å². The smallest absolute Gasteiger partial charge is 0.250 e. The highest BCUT2D eigenvalue weighted by Crippen LogP contribution is 2.61. The summed E-state index contributed by atoms with van der Waals surface area (Å²) >= 11 is 6.34. The number of nitrogens with one attached hydrogen (secondary N) is 1. The van der Waals surface area contributed by atoms with Gasteiger partial charge in [0.1, 0.15) is 5.54 Å². The second kappa shape index (κ2) is 7.60. The van der Waals surface area contributed by atoms with Gasteiger partial charge in [0.25, 0.3) is 0 Å². The molecule has 35 heavy (non-hydrogen) atoms. The summed E-state index contributed by atoms with van der Waals surface area (Å²) in [6, 6.07) is 8.14. The first-order chi connectivity index (χ1) is 16.9. The molecule has 4 aliphatic rings. The molecule has 4 heterocycles. The second-order valence-electron chi connectivity index (χ2n) is 9.21. The quantitative estimate of drug-likeness (QED) is 0.649. The fraction of sp³-hybridized carbons (Fsp3) is 0.400. The van der Waals surface area contributed by atoms with Crippen LogP contribution < -0.4 is 24.4 Å². The first kappa shape index (κ1) is 22.2. The van der Waals surface area contributed by atoms with E-state index in [4.69, 9.17) is 25.8 Å². The highest BCUT2D eigenvalue weighted by Gasteiger charge is 2.74. The highest BCUT2D eigenvalue weighted by molar-refractivity contribution is 6.31. The Morgan fingerprint density at radius 2 is 1.71 bits per heavy atom. The number of hydrogen-bond donors (Lipinski definition) is 1. The van der Waals surface area contributed by atoms with Crippen molar-refractivity contribution in [1.82, 2.24) is 4.90 Å². The molecule has 2 aromatic carbocycles. The summed E-state index contributed by atoms with van der Waals surface area (Å²) in [4.78, 5) is 45.0. The number of carbonyl (C=O) groups is 3. The summed E-state index contributed by atoms with van der Waals surface area (Å²) in [5.74, 6) is -1.56. The molecule has 6 rings (SSSR count). The molecule has 3 fully saturated rings. The van der Waals surface area contributed by atoms with Gasteiger partial charge in [-0.05, 0) is 37.6 Å². The molecule has 0 radical (unpaired) electrons. The zero-order chi connectivity index (χ0) is 24.6. The van der Waals surface area contributed by atoms with Crippen LogP contribution in [-0.4, -0.2) is 56.5 Å². The Bertz CT molecular complexity index is 1270. The summed E-state index contributed by atoms with van der Waals surface area (Å²) in [6.07, 6.45) is 1.57. The van der Waals surface area contributed by atoms with Crippen LogP contribution in [0.3, 0.4) is 0 Å². The van der Waals surface area contributed by atoms with Crippen LogP contribution in [0, 0.1) is 11.8 Å². The first-order valence-corrected chi connectivity index (χ1v) is 11.8. The number of nitrogens with zero attached hydrogens (tertiary/aromatic N) is 2. The fourth-order valence-corrected chi connectivity index (χ4v) is 6.80. The van der Waals surface area contributed by atoms with Gasteiger partial charge < -0.3 is 19.5 Å². The number of methoxy groups -OCH3 is 3. The van der Waals surface area contributed by atoms with Crippen molar-refractivity contribution in [3.8, 4) is 17.2 Å². The van der Waals surface area contributed by atoms with Gasteiger partial charge in [-0.2, -0.15) is 0 Å². The molecule has 0 aliphatic carbocycles. The van der Waals surface area contributed by atoms with Crippen molar-refractivity contribution >= 4 is 40.7 Å². The van der Waals surface area contributed by atoms with E-state index >= 15 is 0 Å². The monoisotopic (exact) mass is 497 g/mol. The predicted molar refractivity (Wildman–Crippen MR) is 127 cm³/mol. The van der Waals surface area contributed by atoms with E-state index in [0.717, 1.165) is 12.8 Å². The van der Waals surface area contributed by atoms with Gasteiger partial charge in [0.2, 0.25) is 23.5 Å². The van der Waals surface area contributed by atoms with E-state index in [1.807, 2.05) is 0 Å². The molecule has 0 bridgehead atoms. The molecule has 182 valence electrons. The lowest BCUT2D eigenvalue weighted by Crippen LogP contribution is -2.54. The van der Waals surface area contributed by atoms with E-state index in [0.29, 0.717) is 45.8 Å². The van der Waals surface area contributed by atoms with Gasteiger partial charge in [-0.1, -0.05) is 11.6 Å². The molecule has 1 N–H and O–H groups in total. The number of rotatable bonds is 4. The number of fused-ring (bicyclic) bond motifs is 7. The normalized spacial score (nSPS) is 28.9. The minimum Gasteiger partial charge on any atom is -0.493 e. The predicted octanol–water partition coefficient (Wildman–Crippen LogP) is 2.80. The third-order valence-electron chi connectivity index (χ3n) is 7.86. The number of benzene rings is 2. The fourth-order valence-electron chi connectivity index (χ4n) is 6.63. The van der Waals surface area contributed by atoms with Crippen molar-refractivity contribution in [2.45, 2.75) is 24.4 Å². The topological polar surface area (TPSA) is 97.4 Å². The van der Waals surface area contributed by atoms with Crippen LogP contribution in [0.4, 0.5) is 11.4 Å². The van der Waals surface area contributed by atoms with Gasteiger partial charge in [0, 0.05) is 34.4 Å². The maximum Gasteiger partial charge on any atom is 0.250 e. The van der Waals surface area contributed by atoms with Crippen LogP contribution in [0.25, 0.3) is 0 Å². The summed E-state index contributed by atoms with van der Waals surface area (Å²) in [7, 11) is 4.42. The van der Waals surface area contributed by atoms with Gasteiger partial charge in [0.05, 0.1) is 38.9 Å². The zero-order valence-corrected chi connectivity index (χ0v) is 20.2. The second-order valence-corrected chi connectivity index (χ2v) is 9.65. The van der Waals surface area contributed by atoms with E-state index in [1.54, 1.807) is 30.3 Å². The number of ether oxygens (including phenoxy) is 3. The van der Waals surface area contributed by atoms with E-state index in [9.17, 15) is 14.4 Å². The van der Waals surface area contributed by atoms with Gasteiger partial charge in [-0.3, -0.25) is 19.3 Å². The Balaban J connectivity index is 1.53. The van der Waals surface area contributed by atoms with E-state index in [1.165, 1.54) is 26.2 Å². The molecule has 4 aliphatic heterocycles. The van der Waals surface area contributed by atoms with Crippen molar-refractivity contribution in [1.29, 1.82) is 0 Å². The van der Waals surface area contributed by atoms with E-state index in [-0.39, 0.29) is 17.9 Å². The third kappa shape index (κ3) is 2.65. The molecule has 9 nitrogen and oxygen atoms in total. The highest BCUT2D eigenvalue weighted by atomic mass is 35.5. The molecular weight excluding hydrogens is 474 g/mol. The summed E-state index contributed by atoms with van der Waals surface area (Å²) in [5.41, 5.74) is 0.307. The lowest BCUT2D eigenvalue weighted by atomic mass is 9.75. The van der Waals surface area contributed by atoms with E-state index < -0.39 is 23.3 Å². The lowest BCUT2D eigenvalue weighted by molar-refractivity contribution is -0.135. The summed E-state index contributed by atoms with van der Waals surface area (Å²) < 4.78 is 16.3. The Labute approximate surface area is 206 Å². The minimum atomic E-state index is -1.28. The van der Waals surface area contributed by atoms with Gasteiger partial charge in [-0.25, -0.2) is 4.90 Å². The van der Waals surface area contributed by atoms with Crippen molar-refractivity contribution in [2.75, 3.05) is 38.1 Å². The summed E-state index contributed by atoms with van der Waals surface area (Å²) in [6.45, 7) is 0.627. The van der Waals surface area contributed by atoms with Gasteiger partial charge in [0.15, 0.2) is 11.5 Å². The van der Waals surface area contributed by atoms with Gasteiger partial charge in [-0.15, -0.1) is 0 Å². The van der Waals surface area contributed by atoms with Crippen LogP contribution in [-0.2, 0) is 19.9 Å². The number of imide groups is 1. The Kier molecular flexibility index (Phi) is 4.82. The van der Waals surface area contributed by atoms with Crippen LogP contribution >= 0.6 is 11.6 Å². The van der Waals surface area contributed by atoms with E-state index in [2.05, 4.69) is 10.2 Å². The number of amides is 3. The number of hydrogen-bond acceptors (Lipinski definition) is 7. The Morgan fingerprint density at radius 1 is 1.00 bits per heavy atom. The Hall–Kier alpha value is -3.30. The standard InChI is InChI=1S/C25H24ClN3O6/c1-33-17-10-13(11-18(34-2)21(17)35-3)29-22(30)19-16-5-4-8-28(16)25(20(19)23(29)31)14-9-12(26)6-7-15(14)27-24(25)32/h6-7,9-11,16,19-20H,4-5,8H2,1-3H3,(H,27,32)/t16-,19+,20+,25+/m0/s1. The molecule has 1 spiro atoms. The lowest BCUT2D eigenvalue weighted by Gasteiger charge is -2.36. The largest absolute Gasteiger partial charge is 0.493 e. The molecular formula is C25H24ClN3O6. The van der Waals surface area contributed by atoms with Crippen molar-refractivity contribution < 1.29 is 28.6 Å². The molecule has 0 aromatic heterocycles. The third-order valence-corrected chi connectivity index (χ3v) is 8.10.